The molecule has 0 saturated carbocycles. The smallest absolute Gasteiger partial charge is 0.0889 e. The first-order chi connectivity index (χ1) is 5.61. The summed E-state index contributed by atoms with van der Waals surface area (Å²) in [6, 6.07) is 7.18. The molecule has 12 heavy (non-hydrogen) atoms. The number of hydroxylamine groups is 1. The number of quaternary nitrogens is 1. The van der Waals surface area contributed by atoms with Crippen LogP contribution in [0.1, 0.15) is 0 Å². The van der Waals surface area contributed by atoms with Crippen LogP contribution in [0.5, 0.6) is 0 Å². The van der Waals surface area contributed by atoms with Gasteiger partial charge in [0, 0.05) is 5.69 Å². The fourth-order valence-corrected chi connectivity index (χ4v) is 0.880. The third-order valence-electron chi connectivity index (χ3n) is 1.75. The summed E-state index contributed by atoms with van der Waals surface area (Å²) in [5, 5.41) is 12.5. The number of nitrogens with zero attached hydrogens (tertiary/aromatic N) is 1. The van der Waals surface area contributed by atoms with Gasteiger partial charge in [-0.3, -0.25) is 5.17 Å². The van der Waals surface area contributed by atoms with Crippen LogP contribution in [0.15, 0.2) is 24.3 Å². The van der Waals surface area contributed by atoms with Crippen molar-refractivity contribution in [1.82, 2.24) is 0 Å². The molecule has 4 nitrogen and oxygen atoms in total. The zero-order valence-electron chi connectivity index (χ0n) is 7.24. The number of nitrogens with two attached hydrogens (primary N) is 1. The topological polar surface area (TPSA) is 56.8 Å². The van der Waals surface area contributed by atoms with Crippen molar-refractivity contribution < 1.29 is 5.17 Å². The Morgan fingerprint density at radius 2 is 1.83 bits per heavy atom. The molecule has 0 fully saturated rings. The van der Waals surface area contributed by atoms with Gasteiger partial charge in [-0.05, 0) is 24.3 Å². The third kappa shape index (κ3) is 1.87. The van der Waals surface area contributed by atoms with E-state index in [9.17, 15) is 5.21 Å². The first-order valence-corrected chi connectivity index (χ1v) is 3.71. The molecule has 0 amide bonds. The average Bonchev–Trinajstić information content (AvgIpc) is 2.04. The number of nitrogen functional groups attached to an aromatic ring is 1. The van der Waals surface area contributed by atoms with E-state index in [-0.39, 0.29) is 5.17 Å². The second-order valence-electron chi connectivity index (χ2n) is 2.67. The predicted octanol–water partition coefficient (Wildman–Crippen LogP) is -0.367. The summed E-state index contributed by atoms with van der Waals surface area (Å²) in [6.07, 6.45) is 0. The zero-order chi connectivity index (χ0) is 9.14. The lowest BCUT2D eigenvalue weighted by Gasteiger charge is -2.28. The SMILES string of the molecule is CN(c1ccc(N)cc1)[NH+](C)[O-]. The Kier molecular flexibility index (Phi) is 2.52. The summed E-state index contributed by atoms with van der Waals surface area (Å²) in [5.41, 5.74) is 7.06. The fraction of sp³-hybridized carbons (Fsp3) is 0.250. The largest absolute Gasteiger partial charge is 0.608 e. The third-order valence-corrected chi connectivity index (χ3v) is 1.75. The molecular formula is C8H13N3O. The van der Waals surface area contributed by atoms with Crippen molar-refractivity contribution in [2.45, 2.75) is 0 Å². The Labute approximate surface area is 71.7 Å². The van der Waals surface area contributed by atoms with Crippen LogP contribution in [0.2, 0.25) is 0 Å². The van der Waals surface area contributed by atoms with Crippen LogP contribution in [0.3, 0.4) is 0 Å². The van der Waals surface area contributed by atoms with Crippen molar-refractivity contribution in [2.75, 3.05) is 24.8 Å². The Balaban J connectivity index is 2.82. The quantitative estimate of drug-likeness (QED) is 0.467. The van der Waals surface area contributed by atoms with Crippen LogP contribution in [-0.2, 0) is 0 Å². The summed E-state index contributed by atoms with van der Waals surface area (Å²) in [5.74, 6) is 0. The zero-order valence-corrected chi connectivity index (χ0v) is 7.24. The van der Waals surface area contributed by atoms with Crippen LogP contribution >= 0.6 is 0 Å². The summed E-state index contributed by atoms with van der Waals surface area (Å²) in [7, 11) is 3.25. The van der Waals surface area contributed by atoms with Gasteiger partial charge >= 0.3 is 0 Å². The van der Waals surface area contributed by atoms with Crippen molar-refractivity contribution in [3.8, 4) is 0 Å². The van der Waals surface area contributed by atoms with E-state index in [2.05, 4.69) is 0 Å². The van der Waals surface area contributed by atoms with E-state index >= 15 is 0 Å². The minimum atomic E-state index is 0.0137. The van der Waals surface area contributed by atoms with E-state index in [0.29, 0.717) is 5.69 Å². The van der Waals surface area contributed by atoms with Gasteiger partial charge in [0.2, 0.25) is 0 Å². The van der Waals surface area contributed by atoms with E-state index in [1.54, 1.807) is 24.2 Å². The van der Waals surface area contributed by atoms with E-state index in [1.807, 2.05) is 12.1 Å². The van der Waals surface area contributed by atoms with Gasteiger partial charge < -0.3 is 10.9 Å². The van der Waals surface area contributed by atoms with E-state index in [1.165, 1.54) is 7.05 Å². The maximum atomic E-state index is 10.9. The van der Waals surface area contributed by atoms with Crippen molar-refractivity contribution in [2.24, 2.45) is 0 Å². The molecule has 1 atom stereocenters. The van der Waals surface area contributed by atoms with Crippen LogP contribution in [0.25, 0.3) is 0 Å². The van der Waals surface area contributed by atoms with Crippen molar-refractivity contribution >= 4 is 11.4 Å². The Morgan fingerprint density at radius 1 is 1.33 bits per heavy atom. The molecule has 1 unspecified atom stereocenters. The van der Waals surface area contributed by atoms with Gasteiger partial charge in [-0.2, -0.15) is 0 Å². The molecule has 66 valence electrons. The molecule has 0 aliphatic rings. The molecule has 3 N–H and O–H groups in total. The highest BCUT2D eigenvalue weighted by Gasteiger charge is 2.01. The van der Waals surface area contributed by atoms with Gasteiger partial charge in [0.05, 0.1) is 19.8 Å². The van der Waals surface area contributed by atoms with Crippen LogP contribution < -0.4 is 15.9 Å². The van der Waals surface area contributed by atoms with E-state index in [4.69, 9.17) is 5.73 Å². The molecule has 0 spiro atoms. The molecule has 0 saturated heterocycles. The lowest BCUT2D eigenvalue weighted by molar-refractivity contribution is -0.833. The van der Waals surface area contributed by atoms with Gasteiger partial charge in [0.25, 0.3) is 0 Å². The minimum Gasteiger partial charge on any atom is -0.608 e. The minimum absolute atomic E-state index is 0.0137. The van der Waals surface area contributed by atoms with Crippen molar-refractivity contribution in [3.63, 3.8) is 0 Å². The number of hydrogen-bond acceptors (Lipinski definition) is 3. The predicted molar refractivity (Wildman–Crippen MR) is 49.5 cm³/mol. The van der Waals surface area contributed by atoms with Crippen LogP contribution in [-0.4, -0.2) is 14.1 Å². The Bertz CT molecular complexity index is 245. The Hall–Kier alpha value is -1.26. The average molecular weight is 167 g/mol. The molecule has 0 bridgehead atoms. The highest BCUT2D eigenvalue weighted by Crippen LogP contribution is 2.11. The first-order valence-electron chi connectivity index (χ1n) is 3.71. The number of hydrogen-bond donors (Lipinski definition) is 2. The van der Waals surface area contributed by atoms with Crippen molar-refractivity contribution in [3.05, 3.63) is 29.5 Å². The molecule has 0 aliphatic carbocycles. The highest BCUT2D eigenvalue weighted by atomic mass is 16.5. The molecule has 1 aromatic rings. The molecule has 1 aromatic carbocycles. The molecule has 0 radical (unpaired) electrons. The van der Waals surface area contributed by atoms with Gasteiger partial charge in [-0.1, -0.05) is 0 Å². The second kappa shape index (κ2) is 3.42. The number of benzene rings is 1. The standard InChI is InChI=1S/C8H13N3O/c1-10(11(2)12)8-5-3-7(9)4-6-8/h3-6,11H,9H2,1-2H3. The Morgan fingerprint density at radius 3 is 2.25 bits per heavy atom. The molecule has 1 rings (SSSR count). The first kappa shape index (κ1) is 8.83. The summed E-state index contributed by atoms with van der Waals surface area (Å²) >= 11 is 0. The fourth-order valence-electron chi connectivity index (χ4n) is 0.880. The summed E-state index contributed by atoms with van der Waals surface area (Å²) in [4.78, 5) is 0. The number of anilines is 2. The maximum Gasteiger partial charge on any atom is 0.0889 e. The number of nitrogens with one attached hydrogen (secondary N) is 1. The molecule has 0 heterocycles. The summed E-state index contributed by atoms with van der Waals surface area (Å²) in [6.45, 7) is 0. The van der Waals surface area contributed by atoms with Crippen molar-refractivity contribution in [1.29, 1.82) is 0 Å². The van der Waals surface area contributed by atoms with E-state index < -0.39 is 0 Å². The van der Waals surface area contributed by atoms with Gasteiger partial charge in [-0.15, -0.1) is 0 Å². The lowest BCUT2D eigenvalue weighted by Crippen LogP contribution is -3.11. The molecular weight excluding hydrogens is 154 g/mol. The maximum absolute atomic E-state index is 10.9. The lowest BCUT2D eigenvalue weighted by atomic mass is 10.3. The van der Waals surface area contributed by atoms with Gasteiger partial charge in [0.15, 0.2) is 0 Å². The molecule has 0 aromatic heterocycles. The van der Waals surface area contributed by atoms with Crippen LogP contribution in [0.4, 0.5) is 11.4 Å². The summed E-state index contributed by atoms with van der Waals surface area (Å²) < 4.78 is 0. The van der Waals surface area contributed by atoms with Gasteiger partial charge in [-0.25, -0.2) is 5.01 Å². The number of rotatable bonds is 2. The highest BCUT2D eigenvalue weighted by molar-refractivity contribution is 5.50. The molecule has 0 aliphatic heterocycles. The normalized spacial score (nSPS) is 12.6. The monoisotopic (exact) mass is 167 g/mol. The van der Waals surface area contributed by atoms with Crippen LogP contribution in [0, 0.1) is 5.21 Å². The second-order valence-corrected chi connectivity index (χ2v) is 2.67. The van der Waals surface area contributed by atoms with Gasteiger partial charge in [0.1, 0.15) is 0 Å². The molecule has 4 heteroatoms. The van der Waals surface area contributed by atoms with E-state index in [0.717, 1.165) is 5.69 Å².